The number of carbonyl (C=O) groups is 17. The predicted molar refractivity (Wildman–Crippen MR) is 563 cm³/mol. The second kappa shape index (κ2) is 59.0. The number of para-hydroxylation sites is 4. The number of hydrogen-bond acceptors (Lipinski definition) is 21. The molecule has 0 radical (unpaired) electrons. The lowest BCUT2D eigenvalue weighted by atomic mass is 9.97. The maximum absolute atomic E-state index is 15.7. The molecular formula is C107H155N21O21. The zero-order chi connectivity index (χ0) is 110. The van der Waals surface area contributed by atoms with Gasteiger partial charge in [-0.05, 0) is 133 Å². The Morgan fingerprint density at radius 2 is 0.604 bits per heavy atom. The van der Waals surface area contributed by atoms with Crippen LogP contribution in [0.15, 0.2) is 122 Å². The smallest absolute Gasteiger partial charge is 0.409 e. The van der Waals surface area contributed by atoms with Crippen molar-refractivity contribution in [1.82, 2.24) is 110 Å². The number of aromatic nitrogens is 4. The fourth-order valence-electron chi connectivity index (χ4n) is 17.2. The first kappa shape index (κ1) is 120. The molecule has 8 aromatic rings. The summed E-state index contributed by atoms with van der Waals surface area (Å²) >= 11 is 0. The number of likely N-dealkylation sites (N-methyl/N-ethyl adjacent to an activating group) is 1. The highest BCUT2D eigenvalue weighted by atomic mass is 16.6. The summed E-state index contributed by atoms with van der Waals surface area (Å²) in [5.41, 5.74) is 5.33. The Hall–Kier alpha value is -14.3. The van der Waals surface area contributed by atoms with Gasteiger partial charge in [-0.25, -0.2) is 4.79 Å². The zero-order valence-electron chi connectivity index (χ0n) is 88.9. The molecule has 0 aliphatic heterocycles. The molecule has 21 N–H and O–H groups in total. The standard InChI is InChI=1S/C107H155N21O21/c1-58(2)44-80(117-93(132)66(17)115-88(131)56-113-103(142)89(62(9)10)114-57-130)96(135)116-67(18)94(133)125-91(64(13)14)105(144)127-92(65(15)16)106(145)126-90(63(11)12)104(143)124-87(51-71-55-112-79-35-27-23-31-75(71)79)102(141)120-83(47-61(7)8)99(138)123-86(50-70-54-111-78-34-26-22-30-74(70)78)101(140)119-82(46-60(5)6)98(137)122-85(49-69-53-110-77-33-25-21-29-73(69)77)100(139)118-81(45-59(3)4)97(136)121-84(48-68-52-109-76-32-24-20-28-72(68)76)95(134)108-36-39-149-107(146)128(19)37-40-147-42-43-148-41-38-129/h20-35,52-55,57-67,80-87,89-92,109-112,129H,36-51,56H2,1-19H3,(H,108,134)(H,113,142)(H,114,130)(H,115,131)(H,116,135)(H,117,132)(H,118,139)(H,119,140)(H,120,141)(H,121,136)(H,122,137)(H,123,138)(H,124,143)(H,125,133)(H,126,145)(H,127,144)/t66-,67-,80-,81-,82-,83-,84-,85-,86-,87-,89-,90-,91-,92-/m0/s1. The van der Waals surface area contributed by atoms with Crippen LogP contribution < -0.4 is 85.1 Å². The fraction of sp³-hybridized carbons (Fsp3) is 0.542. The molecule has 4 aromatic heterocycles. The van der Waals surface area contributed by atoms with Gasteiger partial charge in [-0.3, -0.25) is 76.7 Å². The number of nitrogens with one attached hydrogen (secondary N) is 20. The Morgan fingerprint density at radius 1 is 0.315 bits per heavy atom. The van der Waals surface area contributed by atoms with Crippen molar-refractivity contribution in [2.24, 2.45) is 47.3 Å². The van der Waals surface area contributed by atoms with Gasteiger partial charge in [0.2, 0.25) is 95.0 Å². The van der Waals surface area contributed by atoms with Crippen LogP contribution in [0.4, 0.5) is 4.79 Å². The highest BCUT2D eigenvalue weighted by Gasteiger charge is 2.41. The molecule has 4 heterocycles. The molecule has 149 heavy (non-hydrogen) atoms. The van der Waals surface area contributed by atoms with E-state index in [4.69, 9.17) is 19.3 Å². The molecule has 0 saturated carbocycles. The van der Waals surface area contributed by atoms with Crippen LogP contribution in [0, 0.1) is 47.3 Å². The molecule has 0 aliphatic carbocycles. The molecule has 42 nitrogen and oxygen atoms in total. The fourth-order valence-corrected chi connectivity index (χ4v) is 17.2. The normalized spacial score (nSPS) is 14.4. The lowest BCUT2D eigenvalue weighted by Crippen LogP contribution is -2.62. The Balaban J connectivity index is 1.00. The van der Waals surface area contributed by atoms with E-state index in [1.54, 1.807) is 106 Å². The van der Waals surface area contributed by atoms with Crippen molar-refractivity contribution in [1.29, 1.82) is 0 Å². The summed E-state index contributed by atoms with van der Waals surface area (Å²) < 4.78 is 16.2. The third-order valence-electron chi connectivity index (χ3n) is 25.3. The van der Waals surface area contributed by atoms with Crippen LogP contribution >= 0.6 is 0 Å². The SMILES string of the molecule is CC(C)C[C@H](NC(=O)[C@H](C)NC(=O)CNC(=O)[C@@H](NC=O)C(C)C)C(=O)N[C@@H](C)C(=O)N[C@H](C(=O)N[C@H](C(=O)N[C@H](C(=O)N[C@@H](Cc1c[nH]c2ccccc12)C(=O)N[C@@H](CC(C)C)C(=O)N[C@@H](Cc1c[nH]c2ccccc12)C(=O)N[C@@H](CC(C)C)C(=O)N[C@@H](Cc1c[nH]c2ccccc12)C(=O)N[C@@H](CC(C)C)C(=O)N[C@@H](Cc1c[nH]c2ccccc12)C(=O)NCCOC(=O)N(C)CCOCCOCCO)C(C)C)C(C)C)C(C)C. The third kappa shape index (κ3) is 37.2. The topological polar surface area (TPSA) is 597 Å². The number of nitrogens with zero attached hydrogens (tertiary/aromatic N) is 1. The first-order valence-electron chi connectivity index (χ1n) is 51.3. The third-order valence-corrected chi connectivity index (χ3v) is 25.3. The Bertz CT molecular complexity index is 5840. The van der Waals surface area contributed by atoms with Gasteiger partial charge in [-0.2, -0.15) is 0 Å². The summed E-state index contributed by atoms with van der Waals surface area (Å²) in [5, 5.41) is 55.9. The Morgan fingerprint density at radius 3 is 0.946 bits per heavy atom. The van der Waals surface area contributed by atoms with Crippen molar-refractivity contribution >= 4 is 145 Å². The van der Waals surface area contributed by atoms with E-state index in [0.29, 0.717) is 50.5 Å². The van der Waals surface area contributed by atoms with Crippen LogP contribution in [0.1, 0.15) is 173 Å². The maximum Gasteiger partial charge on any atom is 0.409 e. The second-order valence-electron chi connectivity index (χ2n) is 41.0. The minimum atomic E-state index is -1.50. The lowest BCUT2D eigenvalue weighted by molar-refractivity contribution is -0.137. The molecule has 8 rings (SSSR count). The van der Waals surface area contributed by atoms with E-state index in [0.717, 1.165) is 21.8 Å². The molecule has 0 spiro atoms. The van der Waals surface area contributed by atoms with Gasteiger partial charge in [0, 0.05) is 108 Å². The van der Waals surface area contributed by atoms with Gasteiger partial charge in [0.05, 0.1) is 46.1 Å². The van der Waals surface area contributed by atoms with Crippen LogP contribution in [-0.2, 0) is 117 Å². The Labute approximate surface area is 869 Å². The van der Waals surface area contributed by atoms with Crippen molar-refractivity contribution in [3.05, 3.63) is 144 Å². The quantitative estimate of drug-likeness (QED) is 0.0185. The minimum absolute atomic E-state index is 0.0141. The van der Waals surface area contributed by atoms with Crippen molar-refractivity contribution in [2.45, 2.75) is 261 Å². The number of H-pyrrole nitrogens is 4. The summed E-state index contributed by atoms with van der Waals surface area (Å²) in [6, 6.07) is 10.7. The van der Waals surface area contributed by atoms with Crippen molar-refractivity contribution in [3.63, 3.8) is 0 Å². The zero-order valence-corrected chi connectivity index (χ0v) is 88.9. The number of amides is 17. The molecule has 0 fully saturated rings. The summed E-state index contributed by atoms with van der Waals surface area (Å²) in [7, 11) is 1.52. The molecule has 42 heteroatoms. The van der Waals surface area contributed by atoms with Gasteiger partial charge >= 0.3 is 6.09 Å². The van der Waals surface area contributed by atoms with E-state index < -0.39 is 204 Å². The van der Waals surface area contributed by atoms with Crippen LogP contribution in [0.25, 0.3) is 43.6 Å². The van der Waals surface area contributed by atoms with Crippen LogP contribution in [-0.4, -0.2) is 282 Å². The van der Waals surface area contributed by atoms with E-state index in [2.05, 4.69) is 105 Å². The van der Waals surface area contributed by atoms with Gasteiger partial charge in [0.25, 0.3) is 0 Å². The molecule has 0 bridgehead atoms. The molecule has 0 saturated heterocycles. The van der Waals surface area contributed by atoms with Crippen molar-refractivity contribution < 1.29 is 101 Å². The molecule has 0 unspecified atom stereocenters. The molecule has 14 atom stereocenters. The van der Waals surface area contributed by atoms with Gasteiger partial charge in [-0.1, -0.05) is 184 Å². The highest BCUT2D eigenvalue weighted by molar-refractivity contribution is 6.02. The second-order valence-corrected chi connectivity index (χ2v) is 41.0. The number of fused-ring (bicyclic) bond motifs is 4. The number of aliphatic hydroxyl groups is 1. The van der Waals surface area contributed by atoms with E-state index in [1.807, 2.05) is 126 Å². The molecule has 814 valence electrons. The first-order valence-corrected chi connectivity index (χ1v) is 51.3. The van der Waals surface area contributed by atoms with Crippen molar-refractivity contribution in [3.8, 4) is 0 Å². The van der Waals surface area contributed by atoms with Crippen LogP contribution in [0.3, 0.4) is 0 Å². The minimum Gasteiger partial charge on any atom is -0.448 e. The molecular weight excluding hydrogens is 1920 g/mol. The summed E-state index contributed by atoms with van der Waals surface area (Å²) in [6.07, 6.45) is 6.06. The number of rotatable bonds is 62. The van der Waals surface area contributed by atoms with E-state index in [9.17, 15) is 47.9 Å². The van der Waals surface area contributed by atoms with E-state index in [-0.39, 0.29) is 134 Å². The van der Waals surface area contributed by atoms with Gasteiger partial charge in [-0.15, -0.1) is 0 Å². The molecule has 0 aliphatic rings. The average molecular weight is 2070 g/mol. The molecule has 17 amide bonds. The van der Waals surface area contributed by atoms with Crippen LogP contribution in [0.5, 0.6) is 0 Å². The van der Waals surface area contributed by atoms with Crippen LogP contribution in [0.2, 0.25) is 0 Å². The van der Waals surface area contributed by atoms with E-state index in [1.165, 1.54) is 25.8 Å². The first-order chi connectivity index (χ1) is 70.7. The Kier molecular flexibility index (Phi) is 47.5. The van der Waals surface area contributed by atoms with Gasteiger partial charge < -0.3 is 129 Å². The van der Waals surface area contributed by atoms with E-state index >= 15 is 33.6 Å². The summed E-state index contributed by atoms with van der Waals surface area (Å²) in [4.78, 5) is 258. The monoisotopic (exact) mass is 2070 g/mol. The number of carbonyl (C=O) groups excluding carboxylic acids is 17. The predicted octanol–water partition coefficient (Wildman–Crippen LogP) is 4.47. The highest BCUT2D eigenvalue weighted by Crippen LogP contribution is 2.27. The summed E-state index contributed by atoms with van der Waals surface area (Å²) in [6.45, 7) is 30.6. The summed E-state index contributed by atoms with van der Waals surface area (Å²) in [5.74, 6) is -15.0. The number of benzene rings is 4. The number of ether oxygens (including phenoxy) is 3. The largest absolute Gasteiger partial charge is 0.448 e. The number of aromatic amines is 4. The maximum atomic E-state index is 15.7. The average Bonchev–Trinajstić information content (AvgIpc) is 1.68. The number of aliphatic hydroxyl groups excluding tert-OH is 1. The lowest BCUT2D eigenvalue weighted by Gasteiger charge is -2.31. The van der Waals surface area contributed by atoms with Gasteiger partial charge in [0.15, 0.2) is 0 Å². The molecule has 4 aromatic carbocycles. The van der Waals surface area contributed by atoms with Crippen molar-refractivity contribution in [2.75, 3.05) is 66.3 Å². The van der Waals surface area contributed by atoms with Gasteiger partial charge in [0.1, 0.15) is 91.2 Å². The number of hydrogen-bond donors (Lipinski definition) is 21.